The Morgan fingerprint density at radius 3 is 2.39 bits per heavy atom. The van der Waals surface area contributed by atoms with Crippen LogP contribution in [0.5, 0.6) is 5.75 Å². The molecule has 0 heterocycles. The summed E-state index contributed by atoms with van der Waals surface area (Å²) >= 11 is 7.52. The molecule has 0 aliphatic heterocycles. The van der Waals surface area contributed by atoms with Crippen LogP contribution in [0.1, 0.15) is 22.3 Å². The average molecular weight is 421 g/mol. The van der Waals surface area contributed by atoms with Crippen molar-refractivity contribution in [2.75, 3.05) is 25.7 Å². The molecule has 7 heteroatoms. The highest BCUT2D eigenvalue weighted by Crippen LogP contribution is 2.12. The minimum atomic E-state index is -0.577. The number of thioether (sulfide) groups is 1. The molecule has 0 fully saturated rings. The molecule has 2 N–H and O–H groups in total. The lowest BCUT2D eigenvalue weighted by molar-refractivity contribution is -0.122. The van der Waals surface area contributed by atoms with Crippen LogP contribution < -0.4 is 15.4 Å². The van der Waals surface area contributed by atoms with Gasteiger partial charge in [-0.1, -0.05) is 23.7 Å². The average Bonchev–Trinajstić information content (AvgIpc) is 2.72. The second kappa shape index (κ2) is 11.6. The number of rotatable bonds is 10. The highest BCUT2D eigenvalue weighted by atomic mass is 35.5. The van der Waals surface area contributed by atoms with Crippen LogP contribution in [0.2, 0.25) is 5.02 Å². The van der Waals surface area contributed by atoms with E-state index in [1.165, 1.54) is 0 Å². The maximum atomic E-state index is 12.6. The van der Waals surface area contributed by atoms with Crippen LogP contribution in [0.15, 0.2) is 48.5 Å². The second-order valence-electron chi connectivity index (χ2n) is 6.20. The zero-order valence-corrected chi connectivity index (χ0v) is 17.6. The van der Waals surface area contributed by atoms with Gasteiger partial charge in [0.1, 0.15) is 11.8 Å². The molecular weight excluding hydrogens is 396 g/mol. The van der Waals surface area contributed by atoms with Crippen LogP contribution in [-0.2, 0) is 11.2 Å². The van der Waals surface area contributed by atoms with Gasteiger partial charge in [0.15, 0.2) is 0 Å². The number of nitrogens with one attached hydrogen (secondary N) is 2. The monoisotopic (exact) mass is 420 g/mol. The Kier molecular flexibility index (Phi) is 9.17. The highest BCUT2D eigenvalue weighted by molar-refractivity contribution is 7.98. The van der Waals surface area contributed by atoms with Gasteiger partial charge in [-0.2, -0.15) is 11.8 Å². The molecule has 2 aromatic carbocycles. The van der Waals surface area contributed by atoms with Crippen molar-refractivity contribution in [2.45, 2.75) is 18.9 Å². The van der Waals surface area contributed by atoms with Crippen molar-refractivity contribution < 1.29 is 14.3 Å². The zero-order chi connectivity index (χ0) is 20.4. The fourth-order valence-corrected chi connectivity index (χ4v) is 3.19. The molecule has 1 atom stereocenters. The first kappa shape index (κ1) is 22.1. The lowest BCUT2D eigenvalue weighted by Gasteiger charge is -2.18. The number of halogens is 1. The van der Waals surface area contributed by atoms with E-state index in [1.807, 2.05) is 30.5 Å². The first-order valence-corrected chi connectivity index (χ1v) is 10.8. The summed E-state index contributed by atoms with van der Waals surface area (Å²) < 4.78 is 5.10. The van der Waals surface area contributed by atoms with E-state index in [0.29, 0.717) is 35.7 Å². The molecule has 0 aromatic heterocycles. The summed E-state index contributed by atoms with van der Waals surface area (Å²) in [7, 11) is 1.57. The number of carbonyl (C=O) groups excluding carboxylic acids is 2. The van der Waals surface area contributed by atoms with Gasteiger partial charge in [0.25, 0.3) is 5.91 Å². The predicted octanol–water partition coefficient (Wildman–Crippen LogP) is 3.56. The van der Waals surface area contributed by atoms with Crippen LogP contribution in [-0.4, -0.2) is 43.5 Å². The maximum absolute atomic E-state index is 12.6. The van der Waals surface area contributed by atoms with Crippen molar-refractivity contribution in [2.24, 2.45) is 0 Å². The molecule has 0 saturated carbocycles. The van der Waals surface area contributed by atoms with E-state index in [1.54, 1.807) is 43.1 Å². The first-order chi connectivity index (χ1) is 13.5. The van der Waals surface area contributed by atoms with Crippen molar-refractivity contribution >= 4 is 35.2 Å². The number of carbonyl (C=O) groups is 2. The SMILES string of the molecule is COc1ccc(C(=O)N[C@H](CCSC)C(=O)NCCc2ccc(Cl)cc2)cc1. The number of amides is 2. The Morgan fingerprint density at radius 1 is 1.11 bits per heavy atom. The standard InChI is InChI=1S/C21H25ClN2O3S/c1-27-18-9-5-16(6-10-18)20(25)24-19(12-14-28-2)21(26)23-13-11-15-3-7-17(22)8-4-15/h3-10,19H,11-14H2,1-2H3,(H,23,26)(H,24,25)/t19-/m1/s1. The number of hydrogen-bond acceptors (Lipinski definition) is 4. The number of benzene rings is 2. The van der Waals surface area contributed by atoms with Crippen molar-refractivity contribution in [3.8, 4) is 5.75 Å². The number of hydrogen-bond donors (Lipinski definition) is 2. The van der Waals surface area contributed by atoms with Gasteiger partial charge in [-0.25, -0.2) is 0 Å². The van der Waals surface area contributed by atoms with Gasteiger partial charge >= 0.3 is 0 Å². The van der Waals surface area contributed by atoms with E-state index in [9.17, 15) is 9.59 Å². The Balaban J connectivity index is 1.91. The van der Waals surface area contributed by atoms with E-state index in [4.69, 9.17) is 16.3 Å². The molecule has 0 aliphatic rings. The Labute approximate surface area is 175 Å². The molecule has 28 heavy (non-hydrogen) atoms. The molecular formula is C21H25ClN2O3S. The quantitative estimate of drug-likeness (QED) is 0.616. The van der Waals surface area contributed by atoms with E-state index >= 15 is 0 Å². The molecule has 0 bridgehead atoms. The Bertz CT molecular complexity index is 766. The molecule has 0 spiro atoms. The van der Waals surface area contributed by atoms with Crippen LogP contribution in [0.25, 0.3) is 0 Å². The van der Waals surface area contributed by atoms with Crippen LogP contribution >= 0.6 is 23.4 Å². The molecule has 150 valence electrons. The maximum Gasteiger partial charge on any atom is 0.251 e. The summed E-state index contributed by atoms with van der Waals surface area (Å²) in [4.78, 5) is 25.1. The lowest BCUT2D eigenvalue weighted by atomic mass is 10.1. The van der Waals surface area contributed by atoms with Gasteiger partial charge in [0.05, 0.1) is 7.11 Å². The Morgan fingerprint density at radius 2 is 1.79 bits per heavy atom. The summed E-state index contributed by atoms with van der Waals surface area (Å²) in [5, 5.41) is 6.44. The van der Waals surface area contributed by atoms with Crippen LogP contribution in [0, 0.1) is 0 Å². The Hall–Kier alpha value is -2.18. The van der Waals surface area contributed by atoms with Gasteiger partial charge in [-0.05, 0) is 66.8 Å². The van der Waals surface area contributed by atoms with Gasteiger partial charge in [-0.3, -0.25) is 9.59 Å². The minimum Gasteiger partial charge on any atom is -0.497 e. The van der Waals surface area contributed by atoms with E-state index < -0.39 is 6.04 Å². The molecule has 0 unspecified atom stereocenters. The summed E-state index contributed by atoms with van der Waals surface area (Å²) in [5.41, 5.74) is 1.58. The van der Waals surface area contributed by atoms with E-state index in [0.717, 1.165) is 11.3 Å². The van der Waals surface area contributed by atoms with E-state index in [2.05, 4.69) is 10.6 Å². The third-order valence-corrected chi connectivity index (χ3v) is 5.11. The largest absolute Gasteiger partial charge is 0.497 e. The topological polar surface area (TPSA) is 67.4 Å². The van der Waals surface area contributed by atoms with Crippen molar-refractivity contribution in [1.29, 1.82) is 0 Å². The first-order valence-electron chi connectivity index (χ1n) is 8.99. The summed E-state index contributed by atoms with van der Waals surface area (Å²) in [6.45, 7) is 0.495. The van der Waals surface area contributed by atoms with Crippen LogP contribution in [0.4, 0.5) is 0 Å². The van der Waals surface area contributed by atoms with Gasteiger partial charge < -0.3 is 15.4 Å². The highest BCUT2D eigenvalue weighted by Gasteiger charge is 2.20. The minimum absolute atomic E-state index is 0.176. The molecule has 2 rings (SSSR count). The zero-order valence-electron chi connectivity index (χ0n) is 16.0. The molecule has 0 aliphatic carbocycles. The van der Waals surface area contributed by atoms with Crippen LogP contribution in [0.3, 0.4) is 0 Å². The third kappa shape index (κ3) is 7.09. The number of ether oxygens (including phenoxy) is 1. The van der Waals surface area contributed by atoms with Gasteiger partial charge in [0, 0.05) is 17.1 Å². The van der Waals surface area contributed by atoms with Gasteiger partial charge in [-0.15, -0.1) is 0 Å². The van der Waals surface area contributed by atoms with Crippen molar-refractivity contribution in [3.63, 3.8) is 0 Å². The molecule has 0 saturated heterocycles. The smallest absolute Gasteiger partial charge is 0.251 e. The number of methoxy groups -OCH3 is 1. The third-order valence-electron chi connectivity index (χ3n) is 4.21. The van der Waals surface area contributed by atoms with Crippen molar-refractivity contribution in [3.05, 3.63) is 64.7 Å². The molecule has 2 amide bonds. The predicted molar refractivity (Wildman–Crippen MR) is 115 cm³/mol. The lowest BCUT2D eigenvalue weighted by Crippen LogP contribution is -2.47. The fourth-order valence-electron chi connectivity index (χ4n) is 2.59. The summed E-state index contributed by atoms with van der Waals surface area (Å²) in [6, 6.07) is 13.7. The molecule has 2 aromatic rings. The normalized spacial score (nSPS) is 11.5. The molecule has 0 radical (unpaired) electrons. The van der Waals surface area contributed by atoms with Crippen molar-refractivity contribution in [1.82, 2.24) is 10.6 Å². The second-order valence-corrected chi connectivity index (χ2v) is 7.63. The fraction of sp³-hybridized carbons (Fsp3) is 0.333. The van der Waals surface area contributed by atoms with Gasteiger partial charge in [0.2, 0.25) is 5.91 Å². The van der Waals surface area contributed by atoms with E-state index in [-0.39, 0.29) is 11.8 Å². The summed E-state index contributed by atoms with van der Waals surface area (Å²) in [6.07, 6.45) is 3.24. The summed E-state index contributed by atoms with van der Waals surface area (Å²) in [5.74, 6) is 1.000. The molecule has 5 nitrogen and oxygen atoms in total.